The first-order valence-corrected chi connectivity index (χ1v) is 14.9. The van der Waals surface area contributed by atoms with Crippen molar-refractivity contribution >= 4 is 29.1 Å². The minimum atomic E-state index is -1.01. The van der Waals surface area contributed by atoms with E-state index in [2.05, 4.69) is 19.4 Å². The van der Waals surface area contributed by atoms with Gasteiger partial charge in [-0.25, -0.2) is 4.98 Å². The van der Waals surface area contributed by atoms with Crippen LogP contribution in [0.25, 0.3) is 11.3 Å². The number of amides is 2. The van der Waals surface area contributed by atoms with Gasteiger partial charge in [0.15, 0.2) is 6.61 Å². The fraction of sp³-hybridized carbons (Fsp3) is 0.419. The van der Waals surface area contributed by atoms with E-state index < -0.39 is 11.4 Å². The molecule has 11 heteroatoms. The zero-order valence-corrected chi connectivity index (χ0v) is 25.0. The molecule has 1 aromatic heterocycles. The highest BCUT2D eigenvalue weighted by molar-refractivity contribution is 7.09. The number of quaternary nitrogens is 1. The van der Waals surface area contributed by atoms with Gasteiger partial charge in [-0.05, 0) is 36.1 Å². The van der Waals surface area contributed by atoms with Gasteiger partial charge in [-0.1, -0.05) is 24.3 Å². The Kier molecular flexibility index (Phi) is 8.51. The van der Waals surface area contributed by atoms with Crippen LogP contribution >= 0.6 is 11.3 Å². The van der Waals surface area contributed by atoms with Crippen molar-refractivity contribution in [2.24, 2.45) is 5.41 Å². The molecule has 222 valence electrons. The number of piperazine rings is 1. The van der Waals surface area contributed by atoms with Crippen molar-refractivity contribution in [3.63, 3.8) is 0 Å². The second kappa shape index (κ2) is 12.1. The van der Waals surface area contributed by atoms with Gasteiger partial charge in [-0.15, -0.1) is 11.3 Å². The fourth-order valence-electron chi connectivity index (χ4n) is 5.67. The third kappa shape index (κ3) is 6.57. The third-order valence-corrected chi connectivity index (χ3v) is 9.06. The van der Waals surface area contributed by atoms with Crippen LogP contribution in [0.4, 0.5) is 0 Å². The summed E-state index contributed by atoms with van der Waals surface area (Å²) >= 11 is 1.40. The van der Waals surface area contributed by atoms with Crippen molar-refractivity contribution in [2.45, 2.75) is 25.8 Å². The molecule has 2 aromatic carbocycles. The minimum absolute atomic E-state index is 0.0319. The molecule has 0 saturated carbocycles. The minimum Gasteiger partial charge on any atom is -0.496 e. The molecule has 2 heterocycles. The van der Waals surface area contributed by atoms with Crippen LogP contribution in [-0.4, -0.2) is 91.2 Å². The number of hydrogen-bond acceptors (Lipinski definition) is 7. The second-order valence-corrected chi connectivity index (χ2v) is 12.6. The number of hydrogen-bond donors (Lipinski definition) is 2. The topological polar surface area (TPSA) is 118 Å². The number of nitrogens with zero attached hydrogens (tertiary/aromatic N) is 3. The zero-order valence-electron chi connectivity index (χ0n) is 24.2. The van der Waals surface area contributed by atoms with Gasteiger partial charge in [0.2, 0.25) is 5.91 Å². The molecule has 3 aromatic rings. The molecule has 2 N–H and O–H groups in total. The summed E-state index contributed by atoms with van der Waals surface area (Å²) in [7, 11) is 5.90. The number of carboxylic acid groups (broad SMARTS) is 1. The van der Waals surface area contributed by atoms with Crippen LogP contribution in [0.1, 0.15) is 22.6 Å². The van der Waals surface area contributed by atoms with Crippen LogP contribution in [-0.2, 0) is 33.8 Å². The standard InChI is InChI=1S/C31H36N4O6S/c1-35(2)12-10-34(11-13-35)28(36)19-41-23-8-9-24(26(14-23)40-3)25-20-42-27(33-25)18-32-30(39)31(17-29(37)38)15-21-6-4-5-7-22(21)16-31/h4-9,14,20H,10-13,15-19H2,1-3H3,(H-,32,37,38,39)/p+1. The fourth-order valence-corrected chi connectivity index (χ4v) is 6.41. The SMILES string of the molecule is COc1cc(OCC(=O)N2CC[N+](C)(C)CC2)ccc1-c1csc(CNC(=O)C2(CC(=O)O)Cc3ccccc3C2)n1. The molecule has 1 aliphatic heterocycles. The van der Waals surface area contributed by atoms with E-state index in [1.165, 1.54) is 11.3 Å². The number of benzene rings is 2. The maximum Gasteiger partial charge on any atom is 0.304 e. The molecule has 1 fully saturated rings. The molecular formula is C31H37N4O6S+. The second-order valence-electron chi connectivity index (χ2n) is 11.7. The van der Waals surface area contributed by atoms with Crippen LogP contribution in [0.3, 0.4) is 0 Å². The smallest absolute Gasteiger partial charge is 0.304 e. The number of nitrogens with one attached hydrogen (secondary N) is 1. The first-order valence-electron chi connectivity index (χ1n) is 14.0. The Bertz CT molecular complexity index is 1450. The molecule has 1 aliphatic carbocycles. The Morgan fingerprint density at radius 2 is 1.79 bits per heavy atom. The highest BCUT2D eigenvalue weighted by atomic mass is 32.1. The molecule has 42 heavy (non-hydrogen) atoms. The van der Waals surface area contributed by atoms with Gasteiger partial charge in [-0.2, -0.15) is 0 Å². The predicted molar refractivity (Wildman–Crippen MR) is 158 cm³/mol. The largest absolute Gasteiger partial charge is 0.496 e. The highest BCUT2D eigenvalue weighted by Gasteiger charge is 2.45. The first-order chi connectivity index (χ1) is 20.1. The van der Waals surface area contributed by atoms with E-state index in [1.807, 2.05) is 40.6 Å². The number of carbonyl (C=O) groups is 3. The van der Waals surface area contributed by atoms with Crippen LogP contribution < -0.4 is 14.8 Å². The number of likely N-dealkylation sites (N-methyl/N-ethyl adjacent to an activating group) is 1. The Hall–Kier alpha value is -3.96. The van der Waals surface area contributed by atoms with Crippen molar-refractivity contribution in [3.05, 3.63) is 64.0 Å². The monoisotopic (exact) mass is 593 g/mol. The Morgan fingerprint density at radius 3 is 2.43 bits per heavy atom. The molecule has 1 saturated heterocycles. The quantitative estimate of drug-likeness (QED) is 0.347. The number of carbonyl (C=O) groups excluding carboxylic acids is 2. The number of methoxy groups -OCH3 is 1. The molecule has 0 atom stereocenters. The van der Waals surface area contributed by atoms with E-state index in [0.717, 1.165) is 47.4 Å². The molecule has 2 aliphatic rings. The van der Waals surface area contributed by atoms with E-state index >= 15 is 0 Å². The van der Waals surface area contributed by atoms with Gasteiger partial charge in [-0.3, -0.25) is 14.4 Å². The Labute approximate surface area is 249 Å². The lowest BCUT2D eigenvalue weighted by Gasteiger charge is -2.38. The first kappa shape index (κ1) is 29.5. The van der Waals surface area contributed by atoms with Gasteiger partial charge >= 0.3 is 5.97 Å². The van der Waals surface area contributed by atoms with Gasteiger partial charge in [0.25, 0.3) is 5.91 Å². The van der Waals surface area contributed by atoms with Gasteiger partial charge < -0.3 is 29.3 Å². The molecule has 10 nitrogen and oxygen atoms in total. The maximum absolute atomic E-state index is 13.3. The van der Waals surface area contributed by atoms with E-state index in [9.17, 15) is 19.5 Å². The summed E-state index contributed by atoms with van der Waals surface area (Å²) in [5.41, 5.74) is 2.47. The number of aliphatic carboxylic acids is 1. The summed E-state index contributed by atoms with van der Waals surface area (Å²) < 4.78 is 12.3. The van der Waals surface area contributed by atoms with Crippen molar-refractivity contribution in [1.29, 1.82) is 0 Å². The molecule has 0 spiro atoms. The summed E-state index contributed by atoms with van der Waals surface area (Å²) in [6.07, 6.45) is 0.567. The summed E-state index contributed by atoms with van der Waals surface area (Å²) in [6, 6.07) is 13.1. The van der Waals surface area contributed by atoms with Crippen LogP contribution in [0.15, 0.2) is 47.8 Å². The number of aromatic nitrogens is 1. The van der Waals surface area contributed by atoms with Gasteiger partial charge in [0.05, 0.1) is 71.5 Å². The number of thiazole rings is 1. The summed E-state index contributed by atoms with van der Waals surface area (Å²) in [5, 5.41) is 15.1. The van der Waals surface area contributed by atoms with E-state index in [0.29, 0.717) is 35.0 Å². The lowest BCUT2D eigenvalue weighted by molar-refractivity contribution is -0.894. The van der Waals surface area contributed by atoms with E-state index in [-0.39, 0.29) is 31.4 Å². The normalized spacial score (nSPS) is 16.9. The van der Waals surface area contributed by atoms with Crippen molar-refractivity contribution < 1.29 is 33.4 Å². The predicted octanol–water partition coefficient (Wildman–Crippen LogP) is 2.99. The molecule has 0 unspecified atom stereocenters. The van der Waals surface area contributed by atoms with Crippen molar-refractivity contribution in [3.8, 4) is 22.8 Å². The summed E-state index contributed by atoms with van der Waals surface area (Å²) in [5.74, 6) is -0.217. The average Bonchev–Trinajstić information content (AvgIpc) is 3.59. The molecule has 0 bridgehead atoms. The van der Waals surface area contributed by atoms with E-state index in [4.69, 9.17) is 14.5 Å². The van der Waals surface area contributed by atoms with Crippen molar-refractivity contribution in [1.82, 2.24) is 15.2 Å². The Balaban J connectivity index is 1.20. The molecule has 5 rings (SSSR count). The summed E-state index contributed by atoms with van der Waals surface area (Å²) in [4.78, 5) is 44.2. The lowest BCUT2D eigenvalue weighted by Crippen LogP contribution is -2.56. The number of carboxylic acids is 1. The maximum atomic E-state index is 13.3. The van der Waals surface area contributed by atoms with Crippen LogP contribution in [0.5, 0.6) is 11.5 Å². The third-order valence-electron chi connectivity index (χ3n) is 8.21. The number of fused-ring (bicyclic) bond motifs is 1. The van der Waals surface area contributed by atoms with Crippen LogP contribution in [0, 0.1) is 5.41 Å². The molecule has 2 amide bonds. The highest BCUT2D eigenvalue weighted by Crippen LogP contribution is 2.40. The number of rotatable bonds is 10. The van der Waals surface area contributed by atoms with Crippen LogP contribution in [0.2, 0.25) is 0 Å². The summed E-state index contributed by atoms with van der Waals surface area (Å²) in [6.45, 7) is 3.44. The number of ether oxygens (including phenoxy) is 2. The van der Waals surface area contributed by atoms with E-state index in [1.54, 1.807) is 19.2 Å². The van der Waals surface area contributed by atoms with Gasteiger partial charge in [0.1, 0.15) is 16.5 Å². The Morgan fingerprint density at radius 1 is 1.10 bits per heavy atom. The molecular weight excluding hydrogens is 556 g/mol. The zero-order chi connectivity index (χ0) is 29.9. The van der Waals surface area contributed by atoms with Crippen molar-refractivity contribution in [2.75, 3.05) is 54.0 Å². The average molecular weight is 594 g/mol. The van der Waals surface area contributed by atoms with Gasteiger partial charge in [0, 0.05) is 17.0 Å². The molecule has 0 radical (unpaired) electrons. The lowest BCUT2D eigenvalue weighted by atomic mass is 9.80.